The minimum Gasteiger partial charge on any atom is -0.457 e. The zero-order chi connectivity index (χ0) is 51.3. The first kappa shape index (κ1) is 58.4. The normalized spacial score (nSPS) is 32.3. The van der Waals surface area contributed by atoms with Gasteiger partial charge in [-0.25, -0.2) is 9.97 Å². The first-order chi connectivity index (χ1) is 31.6. The van der Waals surface area contributed by atoms with Crippen LogP contribution < -0.4 is 0 Å². The molecule has 0 unspecified atom stereocenters. The maximum atomic E-state index is 13.2. The van der Waals surface area contributed by atoms with Gasteiger partial charge in [-0.05, 0) is 96.4 Å². The van der Waals surface area contributed by atoms with Gasteiger partial charge >= 0.3 is 11.9 Å². The Bertz CT molecular complexity index is 2180. The van der Waals surface area contributed by atoms with Crippen molar-refractivity contribution in [2.45, 2.75) is 185 Å². The van der Waals surface area contributed by atoms with Gasteiger partial charge in [-0.15, -0.1) is 22.7 Å². The summed E-state index contributed by atoms with van der Waals surface area (Å²) in [7, 11) is 0. The highest BCUT2D eigenvalue weighted by Crippen LogP contribution is 2.34. The Hall–Kier alpha value is -3.92. The second-order valence-electron chi connectivity index (χ2n) is 20.4. The fourth-order valence-electron chi connectivity index (χ4n) is 8.46. The van der Waals surface area contributed by atoms with E-state index in [0.717, 1.165) is 57.4 Å². The van der Waals surface area contributed by atoms with E-state index in [4.69, 9.17) is 9.47 Å². The van der Waals surface area contributed by atoms with Gasteiger partial charge in [-0.2, -0.15) is 0 Å². The Labute approximate surface area is 413 Å². The number of nitrogens with zero attached hydrogens (tertiary/aromatic N) is 2. The summed E-state index contributed by atoms with van der Waals surface area (Å²) in [5, 5.41) is 49.0. The van der Waals surface area contributed by atoms with E-state index in [-0.39, 0.29) is 36.2 Å². The molecule has 4 heterocycles. The lowest BCUT2D eigenvalue weighted by Crippen LogP contribution is -2.45. The molecule has 68 heavy (non-hydrogen) atoms. The summed E-state index contributed by atoms with van der Waals surface area (Å²) in [6.07, 6.45) is 10.5. The Kier molecular flexibility index (Phi) is 22.6. The highest BCUT2D eigenvalue weighted by atomic mass is 32.1. The van der Waals surface area contributed by atoms with Gasteiger partial charge in [-0.3, -0.25) is 19.2 Å². The first-order valence-corrected chi connectivity index (χ1v) is 25.8. The number of aryl methyl sites for hydroxylation is 2. The minimum absolute atomic E-state index is 0.0444. The van der Waals surface area contributed by atoms with Crippen molar-refractivity contribution in [1.82, 2.24) is 9.97 Å². The number of rotatable bonds is 4. The smallest absolute Gasteiger partial charge is 0.309 e. The van der Waals surface area contributed by atoms with Gasteiger partial charge in [0.2, 0.25) is 0 Å². The summed E-state index contributed by atoms with van der Waals surface area (Å²) < 4.78 is 11.6. The van der Waals surface area contributed by atoms with Crippen LogP contribution in [-0.2, 0) is 28.7 Å². The predicted molar refractivity (Wildman–Crippen MR) is 273 cm³/mol. The van der Waals surface area contributed by atoms with E-state index in [2.05, 4.69) is 23.0 Å². The van der Waals surface area contributed by atoms with Gasteiger partial charge in [0.15, 0.2) is 0 Å². The van der Waals surface area contributed by atoms with Crippen molar-refractivity contribution in [2.75, 3.05) is 0 Å². The van der Waals surface area contributed by atoms with E-state index in [0.29, 0.717) is 19.3 Å². The third kappa shape index (κ3) is 17.2. The Morgan fingerprint density at radius 2 is 1.10 bits per heavy atom. The third-order valence-corrected chi connectivity index (χ3v) is 15.3. The van der Waals surface area contributed by atoms with Crippen molar-refractivity contribution in [3.63, 3.8) is 0 Å². The summed E-state index contributed by atoms with van der Waals surface area (Å²) >= 11 is 3.12. The number of ether oxygens (including phenoxy) is 2. The lowest BCUT2D eigenvalue weighted by Gasteiger charge is -2.34. The van der Waals surface area contributed by atoms with Gasteiger partial charge in [0.05, 0.1) is 69.5 Å². The number of cyclic esters (lactones) is 2. The van der Waals surface area contributed by atoms with E-state index in [1.807, 2.05) is 89.6 Å². The largest absolute Gasteiger partial charge is 0.457 e. The molecule has 2 aliphatic heterocycles. The van der Waals surface area contributed by atoms with Crippen LogP contribution >= 0.6 is 22.7 Å². The molecule has 0 aromatic carbocycles. The van der Waals surface area contributed by atoms with Crippen molar-refractivity contribution < 1.29 is 49.1 Å². The van der Waals surface area contributed by atoms with Crippen LogP contribution in [-0.4, -0.2) is 90.5 Å². The second-order valence-corrected chi connectivity index (χ2v) is 22.5. The number of hydrogen-bond acceptors (Lipinski definition) is 14. The molecule has 2 aromatic rings. The number of Topliss-reactive ketones (excluding diaryl/α,β-unsaturated/α-hetero) is 2. The number of hydrogen-bond donors (Lipinski definition) is 4. The molecule has 0 saturated carbocycles. The third-order valence-electron chi connectivity index (χ3n) is 13.7. The maximum Gasteiger partial charge on any atom is 0.309 e. The fourth-order valence-corrected chi connectivity index (χ4v) is 9.60. The SMILES string of the molecule is C/C1=C/C[C@@H](/C(C)=C/c2csc(C)n2)OC(=O)C[C@H](O)C(C)(C)C(=O)[C@H](C)[C@@H](O)[C@@H](C)/C=C/C1.C/C1=C/C[C@@H](/C(C)=C/c2csc(C)n2)OC(=O)C[C@H](O)C(C)(C)C(=O)[C@H](C)[C@@H](O)[C@@H](C)CCC1. The van der Waals surface area contributed by atoms with E-state index in [9.17, 15) is 39.6 Å². The van der Waals surface area contributed by atoms with Crippen LogP contribution in [0.2, 0.25) is 0 Å². The molecule has 0 fully saturated rings. The highest BCUT2D eigenvalue weighted by Gasteiger charge is 2.43. The Morgan fingerprint density at radius 3 is 1.53 bits per heavy atom. The zero-order valence-corrected chi connectivity index (χ0v) is 44.6. The molecule has 12 nitrogen and oxygen atoms in total. The lowest BCUT2D eigenvalue weighted by molar-refractivity contribution is -0.155. The molecule has 4 N–H and O–H groups in total. The number of carbonyl (C=O) groups excluding carboxylic acids is 4. The van der Waals surface area contributed by atoms with Gasteiger partial charge in [-0.1, -0.05) is 90.8 Å². The minimum atomic E-state index is -1.23. The van der Waals surface area contributed by atoms with E-state index >= 15 is 0 Å². The summed E-state index contributed by atoms with van der Waals surface area (Å²) in [4.78, 5) is 60.9. The maximum absolute atomic E-state index is 13.2. The standard InChI is InChI=1S/C27H41NO5S.C27H39NO5S/c2*1-16-9-8-10-17(2)25(31)19(4)26(32)27(6,7)23(29)14-24(30)33-22(12-11-16)18(3)13-21-15-34-20(5)28-21/h11,13,15,17,19,22-23,25,29,31H,8-10,12,14H2,1-7H3;8,10-11,13,15,17,19,22-23,25,29,31H,9,12,14H2,1-7H3/b16-11-,18-13+;10-8+,16-11-,18-13+/t2*17-,19+,22-,23-,25-/m00/s1. The van der Waals surface area contributed by atoms with E-state index < -0.39 is 71.2 Å². The van der Waals surface area contributed by atoms with Crippen LogP contribution in [0, 0.1) is 48.3 Å². The predicted octanol–water partition coefficient (Wildman–Crippen LogP) is 10.3. The molecule has 0 spiro atoms. The molecular formula is C54H80N2O10S2. The van der Waals surface area contributed by atoms with Gasteiger partial charge in [0.25, 0.3) is 0 Å². The number of carbonyl (C=O) groups is 4. The van der Waals surface area contributed by atoms with Crippen LogP contribution in [0.1, 0.15) is 156 Å². The molecule has 4 rings (SSSR count). The number of aromatic nitrogens is 2. The van der Waals surface area contributed by atoms with E-state index in [1.165, 1.54) is 5.57 Å². The summed E-state index contributed by atoms with van der Waals surface area (Å²) in [5.74, 6) is -3.25. The van der Waals surface area contributed by atoms with Crippen molar-refractivity contribution in [2.24, 2.45) is 34.5 Å². The number of aliphatic hydroxyl groups excluding tert-OH is 4. The van der Waals surface area contributed by atoms with Crippen molar-refractivity contribution in [3.8, 4) is 0 Å². The molecule has 0 bridgehead atoms. The monoisotopic (exact) mass is 981 g/mol. The van der Waals surface area contributed by atoms with Gasteiger partial charge in [0.1, 0.15) is 23.8 Å². The first-order valence-electron chi connectivity index (χ1n) is 24.0. The van der Waals surface area contributed by atoms with Gasteiger partial charge < -0.3 is 29.9 Å². The van der Waals surface area contributed by atoms with Crippen LogP contribution in [0.4, 0.5) is 0 Å². The van der Waals surface area contributed by atoms with Gasteiger partial charge in [0, 0.05) is 41.4 Å². The molecule has 0 radical (unpaired) electrons. The molecular weight excluding hydrogens is 901 g/mol. The molecule has 0 aliphatic carbocycles. The van der Waals surface area contributed by atoms with Crippen molar-refractivity contribution in [1.29, 1.82) is 0 Å². The fraction of sp³-hybridized carbons (Fsp3) is 0.630. The van der Waals surface area contributed by atoms with Crippen LogP contribution in [0.15, 0.2) is 57.4 Å². The number of thiazole rings is 2. The van der Waals surface area contributed by atoms with Crippen molar-refractivity contribution in [3.05, 3.63) is 78.8 Å². The van der Waals surface area contributed by atoms with Crippen LogP contribution in [0.3, 0.4) is 0 Å². The number of aliphatic hydroxyl groups is 4. The number of allylic oxidation sites excluding steroid dienone is 3. The Morgan fingerprint density at radius 1 is 0.676 bits per heavy atom. The summed E-state index contributed by atoms with van der Waals surface area (Å²) in [5.41, 5.74) is 3.28. The van der Waals surface area contributed by atoms with E-state index in [1.54, 1.807) is 64.2 Å². The van der Waals surface area contributed by atoms with Crippen LogP contribution in [0.25, 0.3) is 12.2 Å². The molecule has 0 amide bonds. The summed E-state index contributed by atoms with van der Waals surface area (Å²) in [6.45, 7) is 25.5. The topological polar surface area (TPSA) is 193 Å². The van der Waals surface area contributed by atoms with Crippen molar-refractivity contribution >= 4 is 58.3 Å². The summed E-state index contributed by atoms with van der Waals surface area (Å²) in [6, 6.07) is 0. The number of esters is 2. The lowest BCUT2D eigenvalue weighted by atomic mass is 9.73. The van der Waals surface area contributed by atoms with Crippen LogP contribution in [0.5, 0.6) is 0 Å². The number of ketones is 2. The molecule has 14 heteroatoms. The second kappa shape index (κ2) is 26.3. The zero-order valence-electron chi connectivity index (χ0n) is 43.0. The average molecular weight is 981 g/mol. The average Bonchev–Trinajstić information content (AvgIpc) is 3.89. The molecule has 0 saturated heterocycles. The molecule has 378 valence electrons. The molecule has 10 atom stereocenters. The molecule has 2 aliphatic rings. The Balaban J connectivity index is 0.000000360. The highest BCUT2D eigenvalue weighted by molar-refractivity contribution is 7.09. The molecule has 2 aromatic heterocycles. The quantitative estimate of drug-likeness (QED) is 0.168.